The van der Waals surface area contributed by atoms with Crippen LogP contribution in [0.25, 0.3) is 106 Å². The summed E-state index contributed by atoms with van der Waals surface area (Å²) < 4.78 is 82.8. The van der Waals surface area contributed by atoms with E-state index in [0.717, 1.165) is 150 Å². The maximum absolute atomic E-state index is 13.7. The number of hydrogen-bond acceptors (Lipinski definition) is 18. The van der Waals surface area contributed by atoms with Gasteiger partial charge in [-0.15, -0.1) is 45.3 Å². The van der Waals surface area contributed by atoms with Gasteiger partial charge in [-0.25, -0.2) is 23.6 Å². The van der Waals surface area contributed by atoms with Gasteiger partial charge in [0.15, 0.2) is 23.0 Å². The average Bonchev–Trinajstić information content (AvgIpc) is 1.61. The predicted molar refractivity (Wildman–Crippen MR) is 491 cm³/mol. The first kappa shape index (κ1) is 89.1. The van der Waals surface area contributed by atoms with E-state index in [9.17, 15) is 62.3 Å². The Hall–Kier alpha value is -14.6. The van der Waals surface area contributed by atoms with Crippen molar-refractivity contribution in [2.75, 3.05) is 14.1 Å². The number of benzene rings is 12. The molecule has 12 aromatic carbocycles. The number of carbonyl (C=O) groups is 4. The van der Waals surface area contributed by atoms with Crippen molar-refractivity contribution in [1.82, 2.24) is 4.90 Å². The van der Waals surface area contributed by atoms with E-state index in [1.54, 1.807) is 115 Å². The summed E-state index contributed by atoms with van der Waals surface area (Å²) in [5, 5.41) is 88.2. The van der Waals surface area contributed by atoms with Crippen LogP contribution < -0.4 is 18.9 Å². The summed E-state index contributed by atoms with van der Waals surface area (Å²) in [6.07, 6.45) is 4.79. The molecule has 16 aromatic rings. The highest BCUT2D eigenvalue weighted by molar-refractivity contribution is 7.24. The number of hydrogen-bond donors (Lipinski definition) is 9. The van der Waals surface area contributed by atoms with Gasteiger partial charge >= 0.3 is 30.1 Å². The fourth-order valence-corrected chi connectivity index (χ4v) is 18.2. The van der Waals surface area contributed by atoms with Gasteiger partial charge in [0, 0.05) is 82.3 Å². The highest BCUT2D eigenvalue weighted by atomic mass is 32.1. The van der Waals surface area contributed by atoms with Crippen molar-refractivity contribution in [2.24, 2.45) is 0 Å². The zero-order valence-electron chi connectivity index (χ0n) is 67.5. The maximum atomic E-state index is 13.7. The largest absolute Gasteiger partial charge is 0.508 e. The molecule has 1 atom stereocenters. The number of phenolic OH excluding ortho intramolecular Hbond substituents is 4. The second-order valence-corrected chi connectivity index (χ2v) is 33.1. The van der Waals surface area contributed by atoms with Gasteiger partial charge in [0.25, 0.3) is 0 Å². The molecule has 0 amide bonds. The monoisotopic (exact) mass is 1770 g/mol. The SMILES string of the molecule is CN(C)Cc1ccccc1-c1sc2cc(O)ccc2c1Oc1ccc(/C=C/C(=O)O)cc1.C[C@H](O)c1ccccc1-c1sc2cc(O)ccc2c1Oc1ccc(/C=C/C(=O)O)cc1.Cc1cc(C)cc(-c2sc3cc(O)ccc3c2Oc2ccc(/C=C/C(=O)O)cc2)c1.O=C(O)/C=C/c1ccc(Oc2c(-c3ccc(F)cc3C(F)(F)F)sc3cc(O)ccc23)cc1. The lowest BCUT2D eigenvalue weighted by molar-refractivity contribution is -0.137. The van der Waals surface area contributed by atoms with E-state index in [0.29, 0.717) is 50.5 Å². The summed E-state index contributed by atoms with van der Waals surface area (Å²) in [5.41, 5.74) is 8.85. The molecule has 9 N–H and O–H groups in total. The molecule has 126 heavy (non-hydrogen) atoms. The van der Waals surface area contributed by atoms with Crippen molar-refractivity contribution in [3.05, 3.63) is 335 Å². The van der Waals surface area contributed by atoms with Crippen molar-refractivity contribution < 1.29 is 102 Å². The Morgan fingerprint density at radius 1 is 0.389 bits per heavy atom. The van der Waals surface area contributed by atoms with Crippen molar-refractivity contribution in [3.63, 3.8) is 0 Å². The highest BCUT2D eigenvalue weighted by Gasteiger charge is 2.36. The first-order valence-corrected chi connectivity index (χ1v) is 41.8. The number of nitrogens with zero attached hydrogens (tertiary/aromatic N) is 1. The number of aromatic hydroxyl groups is 4. The Morgan fingerprint density at radius 2 is 0.706 bits per heavy atom. The topological polar surface area (TPSA) is 291 Å². The number of carboxylic acids is 4. The summed E-state index contributed by atoms with van der Waals surface area (Å²) >= 11 is 5.63. The number of fused-ring (bicyclic) bond motifs is 4. The molecule has 16 rings (SSSR count). The lowest BCUT2D eigenvalue weighted by atomic mass is 10.0. The van der Waals surface area contributed by atoms with E-state index < -0.39 is 47.5 Å². The molecule has 0 unspecified atom stereocenters. The Balaban J connectivity index is 0.000000144. The number of aliphatic carboxylic acids is 4. The number of thiophene rings is 4. The first-order valence-electron chi connectivity index (χ1n) is 38.6. The first-order chi connectivity index (χ1) is 60.3. The second kappa shape index (κ2) is 39.7. The van der Waals surface area contributed by atoms with Crippen LogP contribution >= 0.6 is 45.3 Å². The van der Waals surface area contributed by atoms with Crippen molar-refractivity contribution in [1.29, 1.82) is 0 Å². The van der Waals surface area contributed by atoms with Crippen LogP contribution in [0.5, 0.6) is 69.0 Å². The lowest BCUT2D eigenvalue weighted by Crippen LogP contribution is -2.11. The molecule has 0 saturated carbocycles. The lowest BCUT2D eigenvalue weighted by Gasteiger charge is -2.15. The number of alkyl halides is 3. The minimum atomic E-state index is -4.80. The predicted octanol–water partition coefficient (Wildman–Crippen LogP) is 26.5. The number of aliphatic hydroxyl groups excluding tert-OH is 1. The molecule has 0 radical (unpaired) electrons. The third-order valence-corrected chi connectivity index (χ3v) is 23.7. The summed E-state index contributed by atoms with van der Waals surface area (Å²) in [4.78, 5) is 47.9. The third-order valence-electron chi connectivity index (χ3n) is 19.0. The molecule has 0 bridgehead atoms. The molecule has 4 heterocycles. The van der Waals surface area contributed by atoms with Gasteiger partial charge in [0.1, 0.15) is 51.8 Å². The van der Waals surface area contributed by atoms with E-state index in [4.69, 9.17) is 39.4 Å². The average molecular weight is 1770 g/mol. The van der Waals surface area contributed by atoms with E-state index >= 15 is 0 Å². The highest BCUT2D eigenvalue weighted by Crippen LogP contribution is 2.54. The summed E-state index contributed by atoms with van der Waals surface area (Å²) in [6, 6.07) is 72.6. The Bertz CT molecular complexity index is 6820. The number of aryl methyl sites for hydroxylation is 2. The maximum Gasteiger partial charge on any atom is 0.417 e. The molecule has 4 aromatic heterocycles. The molecule has 0 spiro atoms. The Morgan fingerprint density at radius 3 is 1.05 bits per heavy atom. The number of aliphatic hydroxyl groups is 1. The molecule has 0 saturated heterocycles. The van der Waals surface area contributed by atoms with Gasteiger partial charge < -0.3 is 69.8 Å². The van der Waals surface area contributed by atoms with E-state index in [1.165, 1.54) is 70.5 Å². The van der Waals surface area contributed by atoms with Crippen LogP contribution in [0.2, 0.25) is 0 Å². The van der Waals surface area contributed by atoms with Crippen LogP contribution in [0.1, 0.15) is 63.1 Å². The van der Waals surface area contributed by atoms with E-state index in [-0.39, 0.29) is 39.2 Å². The molecule has 18 nitrogen and oxygen atoms in total. The minimum absolute atomic E-state index is 0.0634. The minimum Gasteiger partial charge on any atom is -0.508 e. The normalized spacial score (nSPS) is 11.7. The second-order valence-electron chi connectivity index (χ2n) is 28.9. The molecule has 26 heteroatoms. The number of carboxylic acid groups (broad SMARTS) is 4. The fourth-order valence-electron chi connectivity index (χ4n) is 13.4. The quantitative estimate of drug-likeness (QED) is 0.0212. The molecule has 0 aliphatic rings. The van der Waals surface area contributed by atoms with Gasteiger partial charge in [0.05, 0.1) is 31.2 Å². The van der Waals surface area contributed by atoms with Crippen LogP contribution in [0, 0.1) is 19.7 Å². The van der Waals surface area contributed by atoms with Gasteiger partial charge in [-0.3, -0.25) is 0 Å². The molecule has 636 valence electrons. The molecular weight excluding hydrogens is 1690 g/mol. The Kier molecular flexibility index (Phi) is 28.1. The van der Waals surface area contributed by atoms with Gasteiger partial charge in [0.2, 0.25) is 0 Å². The zero-order valence-corrected chi connectivity index (χ0v) is 70.8. The molecular formula is C100H77F4NO17S4. The summed E-state index contributed by atoms with van der Waals surface area (Å²) in [7, 11) is 4.08. The molecule has 0 aliphatic heterocycles. The molecule has 0 fully saturated rings. The molecule has 0 aliphatic carbocycles. The third kappa shape index (κ3) is 22.6. The van der Waals surface area contributed by atoms with Crippen LogP contribution in [0.4, 0.5) is 17.6 Å². The van der Waals surface area contributed by atoms with Crippen LogP contribution in [0.15, 0.2) is 279 Å². The van der Waals surface area contributed by atoms with Crippen molar-refractivity contribution in [3.8, 4) is 111 Å². The summed E-state index contributed by atoms with van der Waals surface area (Å²) in [5.74, 6) is -0.107. The standard InChI is InChI=1S/C26H23NO4S.C25H20O5S.C25H20O4S.C24H14F4O4S/c1-27(2)16-18-5-3-4-6-21(18)26-25(22-13-10-19(28)15-23(22)32-26)31-20-11-7-17(8-12-20)9-14-24(29)30;1-15(26)19-4-2-3-5-20(19)25-24(21-12-9-17(27)14-22(21)31-25)30-18-10-6-16(7-11-18)8-13-23(28)29;1-15-11-16(2)13-18(12-15)25-24(21-9-6-19(26)14-22(21)30-25)29-20-7-3-17(4-8-20)5-10-23(27)28;25-14-4-8-17(19(11-14)24(26,27)28)23-22(18-9-5-15(29)12-20(18)33-23)32-16-6-1-13(2-7-16)3-10-21(30)31/h3-15,28H,16H2,1-2H3,(H,29,30);2-15,26-27H,1H3,(H,28,29);3-14,26H,1-2H3,(H,27,28);1-12,29H,(H,30,31)/b14-9+;13-8+;10-5+;10-3+/t;15-;;/m.0../s1. The van der Waals surface area contributed by atoms with Gasteiger partial charge in [-0.05, 0) is 243 Å². The Labute approximate surface area is 735 Å². The number of halogens is 4. The van der Waals surface area contributed by atoms with Crippen molar-refractivity contribution in [2.45, 2.75) is 39.6 Å². The fraction of sp³-hybridized carbons (Fsp3) is 0.0800. The van der Waals surface area contributed by atoms with Crippen LogP contribution in [-0.2, 0) is 31.9 Å². The van der Waals surface area contributed by atoms with Crippen LogP contribution in [-0.4, -0.2) is 88.8 Å². The van der Waals surface area contributed by atoms with Crippen molar-refractivity contribution >= 4 is 134 Å². The van der Waals surface area contributed by atoms with E-state index in [2.05, 4.69) is 49.1 Å². The number of rotatable bonds is 23. The zero-order chi connectivity index (χ0) is 89.6. The number of phenols is 4. The summed E-state index contributed by atoms with van der Waals surface area (Å²) in [6.45, 7) is 6.65. The van der Waals surface area contributed by atoms with E-state index in [1.807, 2.05) is 117 Å². The van der Waals surface area contributed by atoms with Gasteiger partial charge in [-0.2, -0.15) is 13.2 Å². The van der Waals surface area contributed by atoms with Crippen LogP contribution in [0.3, 0.4) is 0 Å². The van der Waals surface area contributed by atoms with Gasteiger partial charge in [-0.1, -0.05) is 126 Å². The number of ether oxygens (including phenoxy) is 4. The smallest absolute Gasteiger partial charge is 0.417 e.